The molecule has 0 saturated carbocycles. The fraction of sp³-hybridized carbons (Fsp3) is 0.167. The Labute approximate surface area is 113 Å². The summed E-state index contributed by atoms with van der Waals surface area (Å²) in [6.07, 6.45) is 0.146. The van der Waals surface area contributed by atoms with Gasteiger partial charge in [0.15, 0.2) is 0 Å². The summed E-state index contributed by atoms with van der Waals surface area (Å²) in [6.45, 7) is 0. The van der Waals surface area contributed by atoms with Crippen LogP contribution in [0, 0.1) is 0 Å². The standard InChI is InChI=1S/C12H12N4O4/c13-10-9(15-20-16-10)11(17)14-8(12(18)19)6-7-4-2-1-3-5-7/h1-5,8H,6H2,(H2,13,16)(H,14,17)(H,18,19). The Bertz CT molecular complexity index is 611. The van der Waals surface area contributed by atoms with E-state index in [0.29, 0.717) is 0 Å². The highest BCUT2D eigenvalue weighted by Gasteiger charge is 2.24. The molecule has 0 aliphatic carbocycles. The molecule has 1 atom stereocenters. The lowest BCUT2D eigenvalue weighted by Crippen LogP contribution is -2.42. The Morgan fingerprint density at radius 2 is 2.00 bits per heavy atom. The minimum atomic E-state index is -1.16. The highest BCUT2D eigenvalue weighted by atomic mass is 16.6. The fourth-order valence-electron chi connectivity index (χ4n) is 1.63. The third kappa shape index (κ3) is 3.10. The summed E-state index contributed by atoms with van der Waals surface area (Å²) in [5, 5.41) is 18.0. The van der Waals surface area contributed by atoms with E-state index in [4.69, 9.17) is 10.8 Å². The van der Waals surface area contributed by atoms with Crippen LogP contribution in [-0.2, 0) is 11.2 Å². The summed E-state index contributed by atoms with van der Waals surface area (Å²) >= 11 is 0. The first kappa shape index (κ1) is 13.5. The molecule has 1 aromatic carbocycles. The van der Waals surface area contributed by atoms with Crippen molar-refractivity contribution in [1.29, 1.82) is 0 Å². The largest absolute Gasteiger partial charge is 0.480 e. The van der Waals surface area contributed by atoms with E-state index in [2.05, 4.69) is 20.3 Å². The lowest BCUT2D eigenvalue weighted by molar-refractivity contribution is -0.139. The van der Waals surface area contributed by atoms with E-state index in [9.17, 15) is 9.59 Å². The summed E-state index contributed by atoms with van der Waals surface area (Å²) in [6, 6.07) is 7.84. The Kier molecular flexibility index (Phi) is 3.94. The molecule has 1 aromatic heterocycles. The van der Waals surface area contributed by atoms with Gasteiger partial charge in [-0.3, -0.25) is 4.79 Å². The lowest BCUT2D eigenvalue weighted by atomic mass is 10.1. The van der Waals surface area contributed by atoms with Crippen LogP contribution in [0.5, 0.6) is 0 Å². The molecule has 2 aromatic rings. The van der Waals surface area contributed by atoms with Gasteiger partial charge in [0.25, 0.3) is 5.91 Å². The van der Waals surface area contributed by atoms with Crippen molar-refractivity contribution in [1.82, 2.24) is 15.6 Å². The lowest BCUT2D eigenvalue weighted by Gasteiger charge is -2.13. The van der Waals surface area contributed by atoms with Crippen LogP contribution < -0.4 is 11.1 Å². The number of hydrogen-bond acceptors (Lipinski definition) is 6. The normalized spacial score (nSPS) is 11.8. The first-order valence-corrected chi connectivity index (χ1v) is 5.73. The first-order valence-electron chi connectivity index (χ1n) is 5.73. The molecule has 4 N–H and O–H groups in total. The molecular formula is C12H12N4O4. The number of carbonyl (C=O) groups is 2. The van der Waals surface area contributed by atoms with Gasteiger partial charge in [-0.25, -0.2) is 9.42 Å². The molecule has 1 unspecified atom stereocenters. The van der Waals surface area contributed by atoms with Crippen LogP contribution in [0.25, 0.3) is 0 Å². The molecule has 20 heavy (non-hydrogen) atoms. The molecule has 104 valence electrons. The van der Waals surface area contributed by atoms with Gasteiger partial charge in [-0.1, -0.05) is 30.3 Å². The van der Waals surface area contributed by atoms with Gasteiger partial charge in [0.2, 0.25) is 11.5 Å². The molecule has 0 radical (unpaired) electrons. The van der Waals surface area contributed by atoms with E-state index in [1.807, 2.05) is 6.07 Å². The number of amides is 1. The molecule has 8 heteroatoms. The van der Waals surface area contributed by atoms with Crippen LogP contribution in [-0.4, -0.2) is 33.3 Å². The van der Waals surface area contributed by atoms with Gasteiger partial charge in [0.1, 0.15) is 6.04 Å². The maximum absolute atomic E-state index is 11.8. The molecule has 1 amide bonds. The molecule has 0 fully saturated rings. The van der Waals surface area contributed by atoms with E-state index in [1.165, 1.54) is 0 Å². The number of nitrogen functional groups attached to an aromatic ring is 1. The SMILES string of the molecule is Nc1nonc1C(=O)NC(Cc1ccccc1)C(=O)O. The number of carbonyl (C=O) groups excluding carboxylic acids is 1. The third-order valence-corrected chi connectivity index (χ3v) is 2.62. The number of nitrogens with two attached hydrogens (primary N) is 1. The Balaban J connectivity index is 2.09. The van der Waals surface area contributed by atoms with E-state index in [0.717, 1.165) is 5.56 Å². The van der Waals surface area contributed by atoms with Gasteiger partial charge in [0, 0.05) is 6.42 Å². The van der Waals surface area contributed by atoms with Crippen molar-refractivity contribution in [3.8, 4) is 0 Å². The summed E-state index contributed by atoms with van der Waals surface area (Å²) in [4.78, 5) is 23.0. The van der Waals surface area contributed by atoms with Gasteiger partial charge in [-0.2, -0.15) is 0 Å². The molecule has 8 nitrogen and oxygen atoms in total. The number of carboxylic acids is 1. The summed E-state index contributed by atoms with van der Waals surface area (Å²) < 4.78 is 4.29. The number of nitrogens with one attached hydrogen (secondary N) is 1. The van der Waals surface area contributed by atoms with Gasteiger partial charge in [-0.05, 0) is 15.9 Å². The Morgan fingerprint density at radius 1 is 1.30 bits per heavy atom. The van der Waals surface area contributed by atoms with Crippen LogP contribution in [0.2, 0.25) is 0 Å². The predicted octanol–water partition coefficient (Wildman–Crippen LogP) is 0.0775. The second kappa shape index (κ2) is 5.83. The second-order valence-corrected chi connectivity index (χ2v) is 4.05. The third-order valence-electron chi connectivity index (χ3n) is 2.62. The molecule has 0 spiro atoms. The topological polar surface area (TPSA) is 131 Å². The molecule has 2 rings (SSSR count). The van der Waals surface area contributed by atoms with Crippen LogP contribution in [0.4, 0.5) is 5.82 Å². The number of aromatic nitrogens is 2. The van der Waals surface area contributed by atoms with Crippen LogP contribution in [0.1, 0.15) is 16.1 Å². The van der Waals surface area contributed by atoms with Gasteiger partial charge in [-0.15, -0.1) is 0 Å². The minimum Gasteiger partial charge on any atom is -0.480 e. The average Bonchev–Trinajstić information content (AvgIpc) is 2.85. The molecule has 0 aliphatic rings. The minimum absolute atomic E-state index is 0.146. The summed E-state index contributed by atoms with van der Waals surface area (Å²) in [7, 11) is 0. The van der Waals surface area contributed by atoms with Gasteiger partial charge >= 0.3 is 5.97 Å². The quantitative estimate of drug-likeness (QED) is 0.704. The molecule has 0 saturated heterocycles. The van der Waals surface area contributed by atoms with Crippen LogP contribution in [0.3, 0.4) is 0 Å². The molecular weight excluding hydrogens is 264 g/mol. The van der Waals surface area contributed by atoms with Gasteiger partial charge < -0.3 is 16.2 Å². The van der Waals surface area contributed by atoms with Crippen molar-refractivity contribution in [2.75, 3.05) is 5.73 Å². The highest BCUT2D eigenvalue weighted by molar-refractivity contribution is 5.98. The fourth-order valence-corrected chi connectivity index (χ4v) is 1.63. The number of anilines is 1. The molecule has 1 heterocycles. The second-order valence-electron chi connectivity index (χ2n) is 4.05. The van der Waals surface area contributed by atoms with Crippen molar-refractivity contribution in [2.24, 2.45) is 0 Å². The van der Waals surface area contributed by atoms with Gasteiger partial charge in [0.05, 0.1) is 0 Å². The van der Waals surface area contributed by atoms with E-state index in [-0.39, 0.29) is 17.9 Å². The number of nitrogens with zero attached hydrogens (tertiary/aromatic N) is 2. The average molecular weight is 276 g/mol. The first-order chi connectivity index (χ1) is 9.58. The number of rotatable bonds is 5. The van der Waals surface area contributed by atoms with Crippen molar-refractivity contribution in [3.63, 3.8) is 0 Å². The Morgan fingerprint density at radius 3 is 2.55 bits per heavy atom. The van der Waals surface area contributed by atoms with Crippen molar-refractivity contribution in [3.05, 3.63) is 41.6 Å². The van der Waals surface area contributed by atoms with Crippen molar-refractivity contribution >= 4 is 17.7 Å². The number of benzene rings is 1. The zero-order chi connectivity index (χ0) is 14.5. The monoisotopic (exact) mass is 276 g/mol. The smallest absolute Gasteiger partial charge is 0.326 e. The summed E-state index contributed by atoms with van der Waals surface area (Å²) in [5.74, 6) is -2.09. The highest BCUT2D eigenvalue weighted by Crippen LogP contribution is 2.07. The molecule has 0 aliphatic heterocycles. The maximum Gasteiger partial charge on any atom is 0.326 e. The van der Waals surface area contributed by atoms with E-state index >= 15 is 0 Å². The number of hydrogen-bond donors (Lipinski definition) is 3. The zero-order valence-corrected chi connectivity index (χ0v) is 10.3. The van der Waals surface area contributed by atoms with E-state index < -0.39 is 17.9 Å². The van der Waals surface area contributed by atoms with Crippen molar-refractivity contribution in [2.45, 2.75) is 12.5 Å². The van der Waals surface area contributed by atoms with Crippen molar-refractivity contribution < 1.29 is 19.3 Å². The van der Waals surface area contributed by atoms with E-state index in [1.54, 1.807) is 24.3 Å². The maximum atomic E-state index is 11.8. The predicted molar refractivity (Wildman–Crippen MR) is 67.7 cm³/mol. The summed E-state index contributed by atoms with van der Waals surface area (Å²) in [5.41, 5.74) is 5.92. The van der Waals surface area contributed by atoms with Crippen LogP contribution >= 0.6 is 0 Å². The van der Waals surface area contributed by atoms with Crippen LogP contribution in [0.15, 0.2) is 35.0 Å². The number of carboxylic acid groups (broad SMARTS) is 1. The number of aliphatic carboxylic acids is 1. The Hall–Kier alpha value is -2.90. The zero-order valence-electron chi connectivity index (χ0n) is 10.3. The molecule has 0 bridgehead atoms.